The second-order valence-corrected chi connectivity index (χ2v) is 26.5. The molecule has 85 heavy (non-hydrogen) atoms. The molecule has 8 aromatic rings. The number of carbonyl (C=O) groups is 2. The minimum atomic E-state index is -1.27. The van der Waals surface area contributed by atoms with Gasteiger partial charge in [-0.1, -0.05) is 191 Å². The van der Waals surface area contributed by atoms with Crippen LogP contribution in [0.2, 0.25) is 10.0 Å². The lowest BCUT2D eigenvalue weighted by Gasteiger charge is -2.24. The second kappa shape index (κ2) is 30.1. The zero-order chi connectivity index (χ0) is 58.0. The number of carboxylic acid groups (broad SMARTS) is 2. The van der Waals surface area contributed by atoms with Gasteiger partial charge in [0.25, 0.3) is 0 Å². The quantitative estimate of drug-likeness (QED) is 0.0540. The normalized spacial score (nSPS) is 14.9. The first-order valence-electron chi connectivity index (χ1n) is 28.0. The van der Waals surface area contributed by atoms with Crippen LogP contribution < -0.4 is 0 Å². The number of aliphatic hydroxyl groups is 1. The van der Waals surface area contributed by atoms with Crippen LogP contribution in [-0.4, -0.2) is 52.9 Å². The van der Waals surface area contributed by atoms with E-state index in [1.54, 1.807) is 13.8 Å². The Hall–Kier alpha value is -6.66. The molecule has 1 unspecified atom stereocenters. The van der Waals surface area contributed by atoms with Crippen LogP contribution in [0.15, 0.2) is 164 Å². The fourth-order valence-electron chi connectivity index (χ4n) is 10.8. The van der Waals surface area contributed by atoms with Gasteiger partial charge in [0.2, 0.25) is 0 Å². The maximum atomic E-state index is 14.0. The molecule has 12 heteroatoms. The molecule has 2 aromatic heterocycles. The van der Waals surface area contributed by atoms with Gasteiger partial charge in [0, 0.05) is 48.4 Å². The number of benzene rings is 6. The topological polar surface area (TPSA) is 138 Å². The number of hydrogen-bond acceptors (Lipinski definition) is 7. The molecule has 446 valence electrons. The number of aromatic nitrogens is 2. The smallest absolute Gasteiger partial charge is 0.303 e. The van der Waals surface area contributed by atoms with E-state index in [0.717, 1.165) is 111 Å². The van der Waals surface area contributed by atoms with Crippen LogP contribution in [0.3, 0.4) is 0 Å². The highest BCUT2D eigenvalue weighted by molar-refractivity contribution is 7.99. The molecule has 0 bridgehead atoms. The lowest BCUT2D eigenvalue weighted by Crippen LogP contribution is -2.22. The van der Waals surface area contributed by atoms with Crippen LogP contribution in [0.1, 0.15) is 161 Å². The molecule has 2 aliphatic carbocycles. The van der Waals surface area contributed by atoms with Crippen molar-refractivity contribution in [3.8, 4) is 0 Å². The number of hydrogen-bond donors (Lipinski definition) is 3. The molecule has 0 amide bonds. The number of halogens is 2. The standard InChI is InChI=1S/C35H36ClNO4S.C35H34ClNO2S.3CH4/c1-34(2,40)30-9-4-3-7-25(30)13-17-32(42(41)23-35(18-19-35)22-33(38)39)27-8-5-6-24(20-27)10-15-29-16-12-26-11-14-28(36)21-31(26)37-29;1-24(2)31-9-4-3-7-26(31)13-17-33(40-23-35(18-19-35)22-34(38)39)28-8-5-6-25(20-28)10-15-30-16-12-27-11-14-29(36)21-32(27)37-30;;;/h3-12,14-16,20-21,32,40H,13,17-19,22-23H2,1-2H3,(H,38,39);3-12,14-16,20-21,33H,1,13,17-19,22-23H2,2H3,(H,38,39);3*1H4/b2*15-10+;;;/t32-,42?;33-;;;/m11.../s1. The van der Waals surface area contributed by atoms with Crippen LogP contribution in [0.5, 0.6) is 0 Å². The summed E-state index contributed by atoms with van der Waals surface area (Å²) in [7, 11) is -1.27. The lowest BCUT2D eigenvalue weighted by molar-refractivity contribution is -0.139. The number of thioether (sulfide) groups is 1. The van der Waals surface area contributed by atoms with Crippen LogP contribution >= 0.6 is 35.0 Å². The minimum Gasteiger partial charge on any atom is -0.481 e. The Balaban J connectivity index is 0.000000263. The van der Waals surface area contributed by atoms with Gasteiger partial charge in [-0.25, -0.2) is 9.97 Å². The van der Waals surface area contributed by atoms with Crippen molar-refractivity contribution >= 4 is 109 Å². The lowest BCUT2D eigenvalue weighted by atomic mass is 9.90. The van der Waals surface area contributed by atoms with Crippen molar-refractivity contribution in [3.63, 3.8) is 0 Å². The highest BCUT2D eigenvalue weighted by Crippen LogP contribution is 2.54. The maximum Gasteiger partial charge on any atom is 0.303 e. The van der Waals surface area contributed by atoms with E-state index >= 15 is 0 Å². The Bertz CT molecular complexity index is 3710. The molecule has 2 heterocycles. The van der Waals surface area contributed by atoms with E-state index in [1.165, 1.54) is 16.7 Å². The second-order valence-electron chi connectivity index (χ2n) is 22.8. The average molecular weight is 1220 g/mol. The number of rotatable bonds is 24. The predicted octanol–water partition coefficient (Wildman–Crippen LogP) is 19.6. The van der Waals surface area contributed by atoms with Crippen molar-refractivity contribution in [2.24, 2.45) is 10.8 Å². The number of aryl methyl sites for hydroxylation is 2. The summed E-state index contributed by atoms with van der Waals surface area (Å²) in [5.74, 6) is -0.283. The summed E-state index contributed by atoms with van der Waals surface area (Å²) in [4.78, 5) is 32.4. The molecule has 2 saturated carbocycles. The van der Waals surface area contributed by atoms with E-state index in [2.05, 4.69) is 80.2 Å². The number of allylic oxidation sites excluding steroid dienone is 1. The van der Waals surface area contributed by atoms with Crippen molar-refractivity contribution in [2.75, 3.05) is 11.5 Å². The highest BCUT2D eigenvalue weighted by atomic mass is 35.5. The molecule has 2 fully saturated rings. The van der Waals surface area contributed by atoms with Gasteiger partial charge < -0.3 is 15.3 Å². The van der Waals surface area contributed by atoms with Crippen LogP contribution in [-0.2, 0) is 38.8 Å². The third-order valence-corrected chi connectivity index (χ3v) is 19.8. The highest BCUT2D eigenvalue weighted by Gasteiger charge is 2.47. The monoisotopic (exact) mass is 1220 g/mol. The third-order valence-electron chi connectivity index (χ3n) is 15.6. The van der Waals surface area contributed by atoms with Crippen molar-refractivity contribution in [2.45, 2.75) is 123 Å². The number of pyridine rings is 2. The summed E-state index contributed by atoms with van der Waals surface area (Å²) in [6.45, 7) is 9.79. The van der Waals surface area contributed by atoms with Gasteiger partial charge in [-0.2, -0.15) is 11.8 Å². The van der Waals surface area contributed by atoms with Crippen molar-refractivity contribution in [3.05, 3.63) is 230 Å². The number of fused-ring (bicyclic) bond motifs is 2. The molecule has 6 aromatic carbocycles. The van der Waals surface area contributed by atoms with Gasteiger partial charge in [0.05, 0.1) is 46.1 Å². The number of carboxylic acids is 2. The number of nitrogens with zero attached hydrogens (tertiary/aromatic N) is 2. The van der Waals surface area contributed by atoms with Crippen LogP contribution in [0, 0.1) is 10.8 Å². The van der Waals surface area contributed by atoms with E-state index in [1.807, 2.05) is 127 Å². The van der Waals surface area contributed by atoms with E-state index in [-0.39, 0.29) is 56.5 Å². The van der Waals surface area contributed by atoms with Gasteiger partial charge in [-0.05, 0) is 176 Å². The predicted molar refractivity (Wildman–Crippen MR) is 363 cm³/mol. The Morgan fingerprint density at radius 2 is 1.13 bits per heavy atom. The Morgan fingerprint density at radius 3 is 1.67 bits per heavy atom. The first-order valence-corrected chi connectivity index (χ1v) is 31.2. The molecule has 2 aliphatic rings. The van der Waals surface area contributed by atoms with Gasteiger partial charge in [0.15, 0.2) is 0 Å². The van der Waals surface area contributed by atoms with Crippen LogP contribution in [0.25, 0.3) is 51.7 Å². The van der Waals surface area contributed by atoms with Gasteiger partial charge in [-0.15, -0.1) is 0 Å². The van der Waals surface area contributed by atoms with Crippen LogP contribution in [0.4, 0.5) is 0 Å². The largest absolute Gasteiger partial charge is 0.481 e. The van der Waals surface area contributed by atoms with Crippen molar-refractivity contribution in [1.82, 2.24) is 9.97 Å². The molecular weight excluding hydrogens is 1140 g/mol. The summed E-state index contributed by atoms with van der Waals surface area (Å²) in [5, 5.41) is 33.0. The van der Waals surface area contributed by atoms with Gasteiger partial charge in [0.1, 0.15) is 0 Å². The zero-order valence-electron chi connectivity index (χ0n) is 46.7. The van der Waals surface area contributed by atoms with Crippen molar-refractivity contribution < 1.29 is 29.1 Å². The molecule has 10 rings (SSSR count). The number of aliphatic carboxylic acids is 2. The molecular formula is C73H82Cl2N2O6S2. The summed E-state index contributed by atoms with van der Waals surface area (Å²) in [6, 6.07) is 52.5. The molecule has 3 N–H and O–H groups in total. The molecule has 8 nitrogen and oxygen atoms in total. The molecule has 3 atom stereocenters. The van der Waals surface area contributed by atoms with Gasteiger partial charge >= 0.3 is 11.9 Å². The average Bonchev–Trinajstić information content (AvgIpc) is 4.36. The van der Waals surface area contributed by atoms with E-state index in [4.69, 9.17) is 33.2 Å². The first kappa shape index (κ1) is 67.5. The zero-order valence-corrected chi connectivity index (χ0v) is 49.8. The maximum absolute atomic E-state index is 14.0. The van der Waals surface area contributed by atoms with E-state index in [9.17, 15) is 29.1 Å². The fourth-order valence-corrected chi connectivity index (χ4v) is 14.7. The van der Waals surface area contributed by atoms with E-state index in [0.29, 0.717) is 28.6 Å². The SMILES string of the molecule is C.C.C.C=C(C)c1ccccc1CC[C@@H](SCC1(CC(=O)O)CC1)c1cccc(/C=C/c2ccc3ccc(Cl)cc3n2)c1.CC(C)(O)c1ccccc1CC[C@H](c1cccc(/C=C/c2ccc3ccc(Cl)cc3n2)c1)S(=O)CC1(CC(=O)O)CC1. The Morgan fingerprint density at radius 1 is 0.635 bits per heavy atom. The fraction of sp³-hybridized carbons (Fsp3) is 0.315. The summed E-state index contributed by atoms with van der Waals surface area (Å²) in [6.07, 6.45) is 15.2. The summed E-state index contributed by atoms with van der Waals surface area (Å²) in [5.41, 5.74) is 11.8. The van der Waals surface area contributed by atoms with Crippen molar-refractivity contribution in [1.29, 1.82) is 0 Å². The molecule has 0 aliphatic heterocycles. The first-order chi connectivity index (χ1) is 39.3. The third kappa shape index (κ3) is 18.9. The van der Waals surface area contributed by atoms with E-state index < -0.39 is 28.3 Å². The molecule has 0 spiro atoms. The molecule has 0 radical (unpaired) electrons. The summed E-state index contributed by atoms with van der Waals surface area (Å²) >= 11 is 14.2. The Kier molecular flexibility index (Phi) is 23.9. The van der Waals surface area contributed by atoms with Gasteiger partial charge in [-0.3, -0.25) is 13.8 Å². The molecule has 0 saturated heterocycles. The Labute approximate surface area is 521 Å². The summed E-state index contributed by atoms with van der Waals surface area (Å²) < 4.78 is 14.0. The minimum absolute atomic E-state index is 0.